The third kappa shape index (κ3) is 7.73. The van der Waals surface area contributed by atoms with E-state index in [1.807, 2.05) is 60.9 Å². The Balaban J connectivity index is 1.35. The molecule has 0 saturated carbocycles. The molecule has 0 aromatic heterocycles. The van der Waals surface area contributed by atoms with Crippen molar-refractivity contribution in [2.45, 2.75) is 64.7 Å². The van der Waals surface area contributed by atoms with Crippen LogP contribution in [0, 0.1) is 5.92 Å². The van der Waals surface area contributed by atoms with Crippen molar-refractivity contribution in [3.63, 3.8) is 0 Å². The Labute approximate surface area is 186 Å². The fraction of sp³-hybridized carbons (Fsp3) is 0.667. The molecule has 0 spiro atoms. The highest BCUT2D eigenvalue weighted by molar-refractivity contribution is 5.68. The van der Waals surface area contributed by atoms with E-state index in [2.05, 4.69) is 5.32 Å². The maximum absolute atomic E-state index is 12.4. The molecule has 0 radical (unpaired) electrons. The molecular formula is C24H37N3O4. The van der Waals surface area contributed by atoms with Crippen molar-refractivity contribution in [3.8, 4) is 0 Å². The number of rotatable bonds is 5. The summed E-state index contributed by atoms with van der Waals surface area (Å²) < 4.78 is 11.0. The van der Waals surface area contributed by atoms with Gasteiger partial charge >= 0.3 is 12.2 Å². The Kier molecular flexibility index (Phi) is 8.18. The Bertz CT molecular complexity index is 711. The van der Waals surface area contributed by atoms with Gasteiger partial charge in [0.15, 0.2) is 0 Å². The number of nitrogens with one attached hydrogen (secondary N) is 1. The second-order valence-electron chi connectivity index (χ2n) is 9.64. The molecule has 2 aliphatic rings. The molecule has 172 valence electrons. The lowest BCUT2D eigenvalue weighted by atomic mass is 9.96. The zero-order valence-corrected chi connectivity index (χ0v) is 19.1. The smallest absolute Gasteiger partial charge is 0.410 e. The number of nitrogens with zero attached hydrogens (tertiary/aromatic N) is 2. The van der Waals surface area contributed by atoms with E-state index in [1.54, 1.807) is 0 Å². The highest BCUT2D eigenvalue weighted by Gasteiger charge is 2.28. The number of benzene rings is 1. The number of likely N-dealkylation sites (tertiary alicyclic amines) is 2. The fourth-order valence-electron chi connectivity index (χ4n) is 4.10. The van der Waals surface area contributed by atoms with Crippen molar-refractivity contribution in [1.29, 1.82) is 0 Å². The van der Waals surface area contributed by atoms with Gasteiger partial charge in [-0.25, -0.2) is 9.59 Å². The summed E-state index contributed by atoms with van der Waals surface area (Å²) in [5.41, 5.74) is 0.546. The Hall–Kier alpha value is -2.28. The molecule has 2 saturated heterocycles. The maximum atomic E-state index is 12.4. The Morgan fingerprint density at radius 2 is 1.71 bits per heavy atom. The first-order valence-corrected chi connectivity index (χ1v) is 11.5. The predicted molar refractivity (Wildman–Crippen MR) is 120 cm³/mol. The van der Waals surface area contributed by atoms with Crippen LogP contribution in [0.25, 0.3) is 0 Å². The van der Waals surface area contributed by atoms with Crippen LogP contribution in [0.5, 0.6) is 0 Å². The van der Waals surface area contributed by atoms with Gasteiger partial charge in [-0.1, -0.05) is 30.3 Å². The average molecular weight is 432 g/mol. The molecule has 3 rings (SSSR count). The SMILES string of the molecule is CC(C)(C)OC(=O)N1CCC(CNC2CCCN(C(=O)OCc3ccccc3)C2)CC1. The number of piperidine rings is 2. The van der Waals surface area contributed by atoms with Crippen LogP contribution in [0.2, 0.25) is 0 Å². The molecule has 1 atom stereocenters. The van der Waals surface area contributed by atoms with Crippen LogP contribution in [0.4, 0.5) is 9.59 Å². The van der Waals surface area contributed by atoms with Gasteiger partial charge in [0.1, 0.15) is 12.2 Å². The van der Waals surface area contributed by atoms with Crippen molar-refractivity contribution in [3.05, 3.63) is 35.9 Å². The minimum absolute atomic E-state index is 0.212. The van der Waals surface area contributed by atoms with E-state index in [0.717, 1.165) is 57.4 Å². The quantitative estimate of drug-likeness (QED) is 0.762. The Morgan fingerprint density at radius 3 is 2.39 bits per heavy atom. The lowest BCUT2D eigenvalue weighted by Crippen LogP contribution is -2.50. The van der Waals surface area contributed by atoms with E-state index in [4.69, 9.17) is 9.47 Å². The van der Waals surface area contributed by atoms with E-state index < -0.39 is 5.60 Å². The van der Waals surface area contributed by atoms with E-state index in [1.165, 1.54) is 0 Å². The van der Waals surface area contributed by atoms with Crippen molar-refractivity contribution in [2.75, 3.05) is 32.7 Å². The van der Waals surface area contributed by atoms with Gasteiger partial charge < -0.3 is 24.6 Å². The summed E-state index contributed by atoms with van der Waals surface area (Å²) in [6.07, 6.45) is 3.55. The van der Waals surface area contributed by atoms with E-state index in [0.29, 0.717) is 25.1 Å². The number of ether oxygens (including phenoxy) is 2. The molecule has 2 amide bonds. The monoisotopic (exact) mass is 431 g/mol. The standard InChI is InChI=1S/C24H37N3O4/c1-24(2,3)31-23(29)26-14-11-19(12-15-26)16-25-21-10-7-13-27(17-21)22(28)30-18-20-8-5-4-6-9-20/h4-6,8-9,19,21,25H,7,10-18H2,1-3H3. The number of carbonyl (C=O) groups is 2. The molecule has 1 unspecified atom stereocenters. The molecule has 2 aliphatic heterocycles. The van der Waals surface area contributed by atoms with Crippen LogP contribution >= 0.6 is 0 Å². The van der Waals surface area contributed by atoms with Crippen molar-refractivity contribution in [1.82, 2.24) is 15.1 Å². The van der Waals surface area contributed by atoms with Crippen LogP contribution in [0.1, 0.15) is 52.0 Å². The highest BCUT2D eigenvalue weighted by atomic mass is 16.6. The molecule has 7 heteroatoms. The average Bonchev–Trinajstić information content (AvgIpc) is 2.76. The summed E-state index contributed by atoms with van der Waals surface area (Å²) in [4.78, 5) is 28.3. The van der Waals surface area contributed by atoms with Crippen molar-refractivity contribution in [2.24, 2.45) is 5.92 Å². The summed E-state index contributed by atoms with van der Waals surface area (Å²) in [5.74, 6) is 0.541. The molecular weight excluding hydrogens is 394 g/mol. The molecule has 1 aromatic carbocycles. The molecule has 1 N–H and O–H groups in total. The topological polar surface area (TPSA) is 71.1 Å². The van der Waals surface area contributed by atoms with Gasteiger partial charge in [-0.2, -0.15) is 0 Å². The van der Waals surface area contributed by atoms with Gasteiger partial charge in [0.25, 0.3) is 0 Å². The Morgan fingerprint density at radius 1 is 1.00 bits per heavy atom. The van der Waals surface area contributed by atoms with Gasteiger partial charge in [0.2, 0.25) is 0 Å². The minimum Gasteiger partial charge on any atom is -0.445 e. The number of carbonyl (C=O) groups excluding carboxylic acids is 2. The zero-order chi connectivity index (χ0) is 22.3. The first-order valence-electron chi connectivity index (χ1n) is 11.5. The molecule has 2 heterocycles. The summed E-state index contributed by atoms with van der Waals surface area (Å²) in [7, 11) is 0. The number of hydrogen-bond acceptors (Lipinski definition) is 5. The third-order valence-corrected chi connectivity index (χ3v) is 5.85. The summed E-state index contributed by atoms with van der Waals surface area (Å²) in [6, 6.07) is 10.1. The minimum atomic E-state index is -0.454. The predicted octanol–water partition coefficient (Wildman–Crippen LogP) is 4.02. The molecule has 1 aromatic rings. The lowest BCUT2D eigenvalue weighted by molar-refractivity contribution is 0.0182. The molecule has 2 fully saturated rings. The number of hydrogen-bond donors (Lipinski definition) is 1. The van der Waals surface area contributed by atoms with Gasteiger partial charge in [0.05, 0.1) is 0 Å². The molecule has 0 aliphatic carbocycles. The first kappa shape index (κ1) is 23.4. The van der Waals surface area contributed by atoms with Crippen LogP contribution in [0.15, 0.2) is 30.3 Å². The third-order valence-electron chi connectivity index (χ3n) is 5.85. The van der Waals surface area contributed by atoms with Gasteiger partial charge in [-0.3, -0.25) is 0 Å². The van der Waals surface area contributed by atoms with Gasteiger partial charge in [0, 0.05) is 32.2 Å². The fourth-order valence-corrected chi connectivity index (χ4v) is 4.10. The summed E-state index contributed by atoms with van der Waals surface area (Å²) in [6.45, 7) is 9.83. The van der Waals surface area contributed by atoms with Gasteiger partial charge in [-0.15, -0.1) is 0 Å². The van der Waals surface area contributed by atoms with E-state index >= 15 is 0 Å². The van der Waals surface area contributed by atoms with Crippen molar-refractivity contribution < 1.29 is 19.1 Å². The summed E-state index contributed by atoms with van der Waals surface area (Å²) >= 11 is 0. The van der Waals surface area contributed by atoms with Crippen LogP contribution in [0.3, 0.4) is 0 Å². The summed E-state index contributed by atoms with van der Waals surface area (Å²) in [5, 5.41) is 3.65. The van der Waals surface area contributed by atoms with E-state index in [-0.39, 0.29) is 12.2 Å². The zero-order valence-electron chi connectivity index (χ0n) is 19.1. The largest absolute Gasteiger partial charge is 0.445 e. The number of amides is 2. The normalized spacial score (nSPS) is 20.4. The van der Waals surface area contributed by atoms with Crippen LogP contribution in [-0.4, -0.2) is 66.4 Å². The second-order valence-corrected chi connectivity index (χ2v) is 9.64. The maximum Gasteiger partial charge on any atom is 0.410 e. The molecule has 0 bridgehead atoms. The van der Waals surface area contributed by atoms with Crippen LogP contribution < -0.4 is 5.32 Å². The molecule has 31 heavy (non-hydrogen) atoms. The van der Waals surface area contributed by atoms with Gasteiger partial charge in [-0.05, 0) is 64.5 Å². The highest BCUT2D eigenvalue weighted by Crippen LogP contribution is 2.20. The lowest BCUT2D eigenvalue weighted by Gasteiger charge is -2.36. The van der Waals surface area contributed by atoms with Crippen molar-refractivity contribution >= 4 is 12.2 Å². The second kappa shape index (κ2) is 10.8. The first-order chi connectivity index (χ1) is 14.8. The van der Waals surface area contributed by atoms with E-state index in [9.17, 15) is 9.59 Å². The molecule has 7 nitrogen and oxygen atoms in total. The van der Waals surface area contributed by atoms with Crippen LogP contribution in [-0.2, 0) is 16.1 Å².